The third kappa shape index (κ3) is 8.08. The van der Waals surface area contributed by atoms with E-state index in [0.29, 0.717) is 0 Å². The van der Waals surface area contributed by atoms with Crippen LogP contribution in [0.5, 0.6) is 0 Å². The van der Waals surface area contributed by atoms with Crippen LogP contribution < -0.4 is 5.32 Å². The van der Waals surface area contributed by atoms with Crippen LogP contribution in [0.2, 0.25) is 0 Å². The summed E-state index contributed by atoms with van der Waals surface area (Å²) in [5.74, 6) is 2.02. The van der Waals surface area contributed by atoms with Gasteiger partial charge in [0.2, 0.25) is 0 Å². The molecule has 0 aliphatic heterocycles. The van der Waals surface area contributed by atoms with Crippen molar-refractivity contribution in [3.05, 3.63) is 0 Å². The van der Waals surface area contributed by atoms with E-state index in [2.05, 4.69) is 5.32 Å². The number of hydrogen-bond donors (Lipinski definition) is 1. The fraction of sp³-hybridized carbons (Fsp3) is 1.00. The Kier molecular flexibility index (Phi) is 10.6. The molecular formula is C26H49N. The summed E-state index contributed by atoms with van der Waals surface area (Å²) in [6, 6.07) is 1.68. The smallest absolute Gasteiger partial charge is 0.0101 e. The van der Waals surface area contributed by atoms with Gasteiger partial charge in [-0.3, -0.25) is 0 Å². The molecule has 0 aromatic carbocycles. The quantitative estimate of drug-likeness (QED) is 0.524. The molecule has 158 valence electrons. The fourth-order valence-electron chi connectivity index (χ4n) is 6.48. The average molecular weight is 376 g/mol. The van der Waals surface area contributed by atoms with Gasteiger partial charge in [0.05, 0.1) is 0 Å². The van der Waals surface area contributed by atoms with Crippen LogP contribution in [-0.2, 0) is 0 Å². The van der Waals surface area contributed by atoms with Crippen LogP contribution in [0.3, 0.4) is 0 Å². The largest absolute Gasteiger partial charge is 0.311 e. The maximum Gasteiger partial charge on any atom is 0.0101 e. The first-order chi connectivity index (χ1) is 13.4. The maximum atomic E-state index is 4.28. The van der Waals surface area contributed by atoms with Gasteiger partial charge in [0, 0.05) is 12.1 Å². The van der Waals surface area contributed by atoms with Crippen molar-refractivity contribution in [3.63, 3.8) is 0 Å². The van der Waals surface area contributed by atoms with Gasteiger partial charge in [0.1, 0.15) is 0 Å². The molecule has 1 nitrogen and oxygen atoms in total. The van der Waals surface area contributed by atoms with E-state index in [0.717, 1.165) is 23.9 Å². The van der Waals surface area contributed by atoms with Gasteiger partial charge in [-0.15, -0.1) is 0 Å². The van der Waals surface area contributed by atoms with Gasteiger partial charge in [0.25, 0.3) is 0 Å². The minimum absolute atomic E-state index is 0.830. The van der Waals surface area contributed by atoms with E-state index in [4.69, 9.17) is 0 Å². The first-order valence-electron chi connectivity index (χ1n) is 13.2. The highest BCUT2D eigenvalue weighted by Gasteiger charge is 2.32. The Balaban J connectivity index is 1.56. The van der Waals surface area contributed by atoms with E-state index in [1.54, 1.807) is 0 Å². The van der Waals surface area contributed by atoms with Crippen molar-refractivity contribution in [2.24, 2.45) is 11.8 Å². The molecule has 0 saturated heterocycles. The van der Waals surface area contributed by atoms with E-state index in [-0.39, 0.29) is 0 Å². The molecule has 3 aliphatic rings. The molecule has 2 unspecified atom stereocenters. The van der Waals surface area contributed by atoms with Gasteiger partial charge in [-0.2, -0.15) is 0 Å². The molecule has 0 aromatic heterocycles. The van der Waals surface area contributed by atoms with E-state index in [9.17, 15) is 0 Å². The average Bonchev–Trinajstić information content (AvgIpc) is 2.77. The molecule has 3 aliphatic carbocycles. The number of hydrogen-bond acceptors (Lipinski definition) is 1. The van der Waals surface area contributed by atoms with E-state index in [1.165, 1.54) is 141 Å². The third-order valence-corrected chi connectivity index (χ3v) is 8.13. The summed E-state index contributed by atoms with van der Waals surface area (Å²) >= 11 is 0. The predicted molar refractivity (Wildman–Crippen MR) is 119 cm³/mol. The molecule has 0 heterocycles. The Labute approximate surface area is 170 Å². The Morgan fingerprint density at radius 3 is 1.33 bits per heavy atom. The molecule has 1 heteroatoms. The van der Waals surface area contributed by atoms with Gasteiger partial charge in [-0.1, -0.05) is 116 Å². The highest BCUT2D eigenvalue weighted by atomic mass is 15.0. The minimum Gasteiger partial charge on any atom is -0.311 e. The molecule has 0 bridgehead atoms. The molecule has 3 rings (SSSR count). The molecule has 0 spiro atoms. The predicted octanol–water partition coefficient (Wildman–Crippen LogP) is 8.17. The van der Waals surface area contributed by atoms with Gasteiger partial charge < -0.3 is 5.32 Å². The Morgan fingerprint density at radius 2 is 0.778 bits per heavy atom. The van der Waals surface area contributed by atoms with Crippen LogP contribution >= 0.6 is 0 Å². The van der Waals surface area contributed by atoms with Crippen molar-refractivity contribution in [1.29, 1.82) is 0 Å². The monoisotopic (exact) mass is 375 g/mol. The van der Waals surface area contributed by atoms with Crippen molar-refractivity contribution in [1.82, 2.24) is 5.32 Å². The van der Waals surface area contributed by atoms with Gasteiger partial charge >= 0.3 is 0 Å². The van der Waals surface area contributed by atoms with Gasteiger partial charge in [-0.25, -0.2) is 0 Å². The molecule has 0 aromatic rings. The first kappa shape index (κ1) is 21.7. The van der Waals surface area contributed by atoms with Crippen LogP contribution in [0.25, 0.3) is 0 Å². The minimum atomic E-state index is 0.830. The second-order valence-corrected chi connectivity index (χ2v) is 10.3. The molecule has 27 heavy (non-hydrogen) atoms. The molecule has 3 fully saturated rings. The molecule has 0 radical (unpaired) electrons. The van der Waals surface area contributed by atoms with Crippen LogP contribution in [0.1, 0.15) is 141 Å². The van der Waals surface area contributed by atoms with Crippen molar-refractivity contribution >= 4 is 0 Å². The highest BCUT2D eigenvalue weighted by Crippen LogP contribution is 2.37. The summed E-state index contributed by atoms with van der Waals surface area (Å²) in [5, 5.41) is 4.28. The second-order valence-electron chi connectivity index (χ2n) is 10.3. The Hall–Kier alpha value is -0.0400. The lowest BCUT2D eigenvalue weighted by molar-refractivity contribution is 0.150. The van der Waals surface area contributed by atoms with Crippen LogP contribution in [0.15, 0.2) is 0 Å². The lowest BCUT2D eigenvalue weighted by Crippen LogP contribution is -2.46. The number of rotatable bonds is 3. The standard InChI is InChI=1S/C26H49N/c1-2-4-8-12-18-23(17-11-7-3-1)25-21-15-16-22-26(25)27-24-19-13-9-5-6-10-14-20-24/h23-27H,1-22H2. The Bertz CT molecular complexity index is 343. The summed E-state index contributed by atoms with van der Waals surface area (Å²) in [7, 11) is 0. The molecular weight excluding hydrogens is 326 g/mol. The normalized spacial score (nSPS) is 32.0. The summed E-state index contributed by atoms with van der Waals surface area (Å²) in [6.45, 7) is 0. The van der Waals surface area contributed by atoms with Crippen LogP contribution in [-0.4, -0.2) is 12.1 Å². The molecule has 0 amide bonds. The van der Waals surface area contributed by atoms with Crippen molar-refractivity contribution < 1.29 is 0 Å². The Morgan fingerprint density at radius 1 is 0.370 bits per heavy atom. The summed E-state index contributed by atoms with van der Waals surface area (Å²) in [6.07, 6.45) is 32.9. The van der Waals surface area contributed by atoms with E-state index >= 15 is 0 Å². The maximum absolute atomic E-state index is 4.28. The first-order valence-corrected chi connectivity index (χ1v) is 13.2. The van der Waals surface area contributed by atoms with Crippen molar-refractivity contribution in [3.8, 4) is 0 Å². The van der Waals surface area contributed by atoms with Crippen molar-refractivity contribution in [2.45, 2.75) is 153 Å². The van der Waals surface area contributed by atoms with Gasteiger partial charge in [-0.05, 0) is 37.5 Å². The van der Waals surface area contributed by atoms with Crippen molar-refractivity contribution in [2.75, 3.05) is 0 Å². The number of nitrogens with one attached hydrogen (secondary N) is 1. The SMILES string of the molecule is C1CCCCCC(C2CCCCC2NC2CCCCCCCC2)CCCC1. The lowest BCUT2D eigenvalue weighted by atomic mass is 9.72. The lowest BCUT2D eigenvalue weighted by Gasteiger charge is -2.40. The van der Waals surface area contributed by atoms with E-state index in [1.807, 2.05) is 0 Å². The fourth-order valence-corrected chi connectivity index (χ4v) is 6.48. The zero-order valence-corrected chi connectivity index (χ0v) is 18.4. The van der Waals surface area contributed by atoms with Crippen LogP contribution in [0, 0.1) is 11.8 Å². The zero-order valence-electron chi connectivity index (χ0n) is 18.4. The van der Waals surface area contributed by atoms with E-state index < -0.39 is 0 Å². The second kappa shape index (κ2) is 13.2. The molecule has 2 atom stereocenters. The van der Waals surface area contributed by atoms with Gasteiger partial charge in [0.15, 0.2) is 0 Å². The third-order valence-electron chi connectivity index (χ3n) is 8.13. The summed E-state index contributed by atoms with van der Waals surface area (Å²) < 4.78 is 0. The molecule has 1 N–H and O–H groups in total. The summed E-state index contributed by atoms with van der Waals surface area (Å²) in [5.41, 5.74) is 0. The zero-order chi connectivity index (χ0) is 18.6. The molecule has 3 saturated carbocycles. The highest BCUT2D eigenvalue weighted by molar-refractivity contribution is 4.88. The van der Waals surface area contributed by atoms with Crippen LogP contribution in [0.4, 0.5) is 0 Å². The topological polar surface area (TPSA) is 12.0 Å². The summed E-state index contributed by atoms with van der Waals surface area (Å²) in [4.78, 5) is 0.